The van der Waals surface area contributed by atoms with Gasteiger partial charge in [0.2, 0.25) is 5.91 Å². The summed E-state index contributed by atoms with van der Waals surface area (Å²) in [5.74, 6) is -2.61. The van der Waals surface area contributed by atoms with E-state index in [-0.39, 0.29) is 0 Å². The third-order valence-corrected chi connectivity index (χ3v) is 0.917. The highest BCUT2D eigenvalue weighted by Gasteiger charge is 2.26. The number of aliphatic hydroxyl groups is 1. The predicted molar refractivity (Wildman–Crippen MR) is 30.8 cm³/mol. The summed E-state index contributed by atoms with van der Waals surface area (Å²) in [5.41, 5.74) is 9.35. The standard InChI is InChI=1S/C4H8N2O4/c5-1(4(9)10)2(7)3(6)8/h1-2,7H,5H2,(H2,6,8)(H,9,10)/t1-,2+/m0/s1. The Labute approximate surface area is 56.4 Å². The third kappa shape index (κ3) is 2.00. The summed E-state index contributed by atoms with van der Waals surface area (Å²) in [6.07, 6.45) is -1.82. The van der Waals surface area contributed by atoms with Crippen molar-refractivity contribution in [2.75, 3.05) is 0 Å². The van der Waals surface area contributed by atoms with Crippen LogP contribution < -0.4 is 11.5 Å². The van der Waals surface area contributed by atoms with Crippen molar-refractivity contribution < 1.29 is 19.8 Å². The number of carboxylic acid groups (broad SMARTS) is 1. The second-order valence-corrected chi connectivity index (χ2v) is 1.71. The topological polar surface area (TPSA) is 127 Å². The van der Waals surface area contributed by atoms with Crippen LogP contribution in [0.5, 0.6) is 0 Å². The van der Waals surface area contributed by atoms with Crippen molar-refractivity contribution in [3.05, 3.63) is 0 Å². The lowest BCUT2D eigenvalue weighted by molar-refractivity contribution is -0.145. The first-order valence-electron chi connectivity index (χ1n) is 2.42. The lowest BCUT2D eigenvalue weighted by Gasteiger charge is -2.09. The van der Waals surface area contributed by atoms with E-state index < -0.39 is 24.0 Å². The normalized spacial score (nSPS) is 15.8. The van der Waals surface area contributed by atoms with Gasteiger partial charge in [-0.05, 0) is 0 Å². The molecule has 0 rings (SSSR count). The third-order valence-electron chi connectivity index (χ3n) is 0.917. The molecule has 1 amide bonds. The molecule has 6 heteroatoms. The first-order valence-corrected chi connectivity index (χ1v) is 2.42. The van der Waals surface area contributed by atoms with Gasteiger partial charge in [-0.15, -0.1) is 0 Å². The highest BCUT2D eigenvalue weighted by atomic mass is 16.4. The summed E-state index contributed by atoms with van der Waals surface area (Å²) >= 11 is 0. The van der Waals surface area contributed by atoms with Gasteiger partial charge in [-0.25, -0.2) is 0 Å². The Morgan fingerprint density at radius 1 is 1.40 bits per heavy atom. The van der Waals surface area contributed by atoms with E-state index in [1.807, 2.05) is 0 Å². The molecule has 6 nitrogen and oxygen atoms in total. The first kappa shape index (κ1) is 8.86. The molecule has 6 N–H and O–H groups in total. The fourth-order valence-electron chi connectivity index (χ4n) is 0.312. The Bertz CT molecular complexity index is 139. The molecule has 0 aliphatic carbocycles. The molecule has 0 fully saturated rings. The summed E-state index contributed by atoms with van der Waals surface area (Å²) in [6.45, 7) is 0. The van der Waals surface area contributed by atoms with Gasteiger partial charge in [0.1, 0.15) is 6.04 Å². The van der Waals surface area contributed by atoms with Gasteiger partial charge >= 0.3 is 5.97 Å². The number of carboxylic acids is 1. The zero-order valence-electron chi connectivity index (χ0n) is 5.02. The second-order valence-electron chi connectivity index (χ2n) is 1.71. The predicted octanol–water partition coefficient (Wildman–Crippen LogP) is -2.76. The number of carbonyl (C=O) groups excluding carboxylic acids is 1. The monoisotopic (exact) mass is 148 g/mol. The molecule has 2 atom stereocenters. The summed E-state index contributed by atoms with van der Waals surface area (Å²) in [4.78, 5) is 20.0. The number of nitrogens with two attached hydrogens (primary N) is 2. The Balaban J connectivity index is 4.07. The average Bonchev–Trinajstić information content (AvgIpc) is 1.84. The van der Waals surface area contributed by atoms with Crippen molar-refractivity contribution in [1.29, 1.82) is 0 Å². The van der Waals surface area contributed by atoms with E-state index in [0.717, 1.165) is 0 Å². The van der Waals surface area contributed by atoms with Crippen LogP contribution in [0.15, 0.2) is 0 Å². The number of amides is 1. The summed E-state index contributed by atoms with van der Waals surface area (Å²) in [5, 5.41) is 16.7. The summed E-state index contributed by atoms with van der Waals surface area (Å²) < 4.78 is 0. The molecule has 0 aromatic rings. The molecule has 0 aliphatic heterocycles. The smallest absolute Gasteiger partial charge is 0.323 e. The number of hydrogen-bond acceptors (Lipinski definition) is 4. The highest BCUT2D eigenvalue weighted by Crippen LogP contribution is 1.87. The molecular weight excluding hydrogens is 140 g/mol. The molecule has 0 aromatic carbocycles. The van der Waals surface area contributed by atoms with Crippen LogP contribution >= 0.6 is 0 Å². The van der Waals surface area contributed by atoms with E-state index in [0.29, 0.717) is 0 Å². The van der Waals surface area contributed by atoms with E-state index in [1.165, 1.54) is 0 Å². The van der Waals surface area contributed by atoms with Gasteiger partial charge < -0.3 is 21.7 Å². The van der Waals surface area contributed by atoms with Crippen LogP contribution in [0.3, 0.4) is 0 Å². The second kappa shape index (κ2) is 3.14. The van der Waals surface area contributed by atoms with E-state index in [1.54, 1.807) is 0 Å². The van der Waals surface area contributed by atoms with Gasteiger partial charge in [0.25, 0.3) is 0 Å². The zero-order chi connectivity index (χ0) is 8.31. The molecule has 0 saturated heterocycles. The maximum absolute atomic E-state index is 10.1. The quantitative estimate of drug-likeness (QED) is 0.345. The molecule has 0 aromatic heterocycles. The van der Waals surface area contributed by atoms with Crippen LogP contribution in [0.25, 0.3) is 0 Å². The largest absolute Gasteiger partial charge is 0.480 e. The number of rotatable bonds is 3. The Morgan fingerprint density at radius 3 is 1.90 bits per heavy atom. The number of aliphatic carboxylic acids is 1. The molecule has 10 heavy (non-hydrogen) atoms. The van der Waals surface area contributed by atoms with Gasteiger partial charge in [-0.3, -0.25) is 9.59 Å². The van der Waals surface area contributed by atoms with Gasteiger partial charge in [-0.2, -0.15) is 0 Å². The summed E-state index contributed by atoms with van der Waals surface area (Å²) in [7, 11) is 0. The molecule has 0 spiro atoms. The fraction of sp³-hybridized carbons (Fsp3) is 0.500. The minimum atomic E-state index is -1.82. The lowest BCUT2D eigenvalue weighted by atomic mass is 10.2. The minimum Gasteiger partial charge on any atom is -0.480 e. The van der Waals surface area contributed by atoms with E-state index >= 15 is 0 Å². The average molecular weight is 148 g/mol. The highest BCUT2D eigenvalue weighted by molar-refractivity contribution is 5.87. The van der Waals surface area contributed by atoms with Crippen molar-refractivity contribution in [3.63, 3.8) is 0 Å². The van der Waals surface area contributed by atoms with Gasteiger partial charge in [0.05, 0.1) is 0 Å². The van der Waals surface area contributed by atoms with E-state index in [2.05, 4.69) is 5.73 Å². The van der Waals surface area contributed by atoms with Crippen molar-refractivity contribution in [2.24, 2.45) is 11.5 Å². The van der Waals surface area contributed by atoms with Crippen molar-refractivity contribution >= 4 is 11.9 Å². The van der Waals surface area contributed by atoms with Gasteiger partial charge in [0.15, 0.2) is 6.10 Å². The zero-order valence-corrected chi connectivity index (χ0v) is 5.02. The molecule has 0 heterocycles. The number of aliphatic hydroxyl groups excluding tert-OH is 1. The van der Waals surface area contributed by atoms with Crippen LogP contribution in [0, 0.1) is 0 Å². The molecule has 0 bridgehead atoms. The maximum Gasteiger partial charge on any atom is 0.323 e. The van der Waals surface area contributed by atoms with E-state index in [4.69, 9.17) is 15.9 Å². The Hall–Kier alpha value is -1.14. The molecular formula is C4H8N2O4. The van der Waals surface area contributed by atoms with Crippen molar-refractivity contribution in [1.82, 2.24) is 0 Å². The van der Waals surface area contributed by atoms with Crippen LogP contribution in [0.4, 0.5) is 0 Å². The fourth-order valence-corrected chi connectivity index (χ4v) is 0.312. The summed E-state index contributed by atoms with van der Waals surface area (Å²) in [6, 6.07) is -1.64. The number of hydrogen-bond donors (Lipinski definition) is 4. The minimum absolute atomic E-state index is 1.14. The van der Waals surface area contributed by atoms with Crippen LogP contribution in [-0.4, -0.2) is 34.2 Å². The molecule has 0 unspecified atom stereocenters. The molecule has 0 radical (unpaired) electrons. The molecule has 0 saturated carbocycles. The van der Waals surface area contributed by atoms with Crippen LogP contribution in [-0.2, 0) is 9.59 Å². The van der Waals surface area contributed by atoms with Crippen LogP contribution in [0.1, 0.15) is 0 Å². The van der Waals surface area contributed by atoms with Crippen molar-refractivity contribution in [2.45, 2.75) is 12.1 Å². The number of primary amides is 1. The van der Waals surface area contributed by atoms with Crippen LogP contribution in [0.2, 0.25) is 0 Å². The SMILES string of the molecule is NC(=O)[C@H](O)[C@H](N)C(=O)O. The number of carbonyl (C=O) groups is 2. The lowest BCUT2D eigenvalue weighted by Crippen LogP contribution is -2.48. The van der Waals surface area contributed by atoms with Gasteiger partial charge in [-0.1, -0.05) is 0 Å². The first-order chi connectivity index (χ1) is 4.46. The molecule has 58 valence electrons. The Kier molecular flexibility index (Phi) is 2.78. The van der Waals surface area contributed by atoms with Crippen molar-refractivity contribution in [3.8, 4) is 0 Å². The van der Waals surface area contributed by atoms with Gasteiger partial charge in [0, 0.05) is 0 Å². The maximum atomic E-state index is 10.1. The molecule has 0 aliphatic rings. The van der Waals surface area contributed by atoms with E-state index in [9.17, 15) is 9.59 Å². The Morgan fingerprint density at radius 2 is 1.80 bits per heavy atom.